The van der Waals surface area contributed by atoms with Crippen molar-refractivity contribution in [3.8, 4) is 0 Å². The Bertz CT molecular complexity index is 1080. The average molecular weight is 471 g/mol. The summed E-state index contributed by atoms with van der Waals surface area (Å²) in [5.41, 5.74) is 2.24. The predicted molar refractivity (Wildman–Crippen MR) is 122 cm³/mol. The summed E-state index contributed by atoms with van der Waals surface area (Å²) in [6.45, 7) is 5.06. The zero-order valence-corrected chi connectivity index (χ0v) is 19.2. The summed E-state index contributed by atoms with van der Waals surface area (Å²) < 4.78 is 27.4. The van der Waals surface area contributed by atoms with E-state index < -0.39 is 15.9 Å². The van der Waals surface area contributed by atoms with Gasteiger partial charge in [0.05, 0.1) is 27.8 Å². The van der Waals surface area contributed by atoms with Gasteiger partial charge in [0.15, 0.2) is 0 Å². The smallest absolute Gasteiger partial charge is 0.248 e. The van der Waals surface area contributed by atoms with E-state index in [4.69, 9.17) is 23.2 Å². The van der Waals surface area contributed by atoms with Crippen LogP contribution in [0, 0.1) is 6.92 Å². The molecule has 10 heteroatoms. The van der Waals surface area contributed by atoms with E-state index in [0.717, 1.165) is 25.1 Å². The van der Waals surface area contributed by atoms with E-state index in [9.17, 15) is 13.2 Å². The molecule has 1 aliphatic rings. The minimum Gasteiger partial charge on any atom is -0.321 e. The zero-order valence-electron chi connectivity index (χ0n) is 16.9. The van der Waals surface area contributed by atoms with Crippen LogP contribution in [-0.4, -0.2) is 36.4 Å². The number of aromatic nitrogens is 2. The first-order valence-electron chi connectivity index (χ1n) is 9.75. The molecule has 0 aliphatic carbocycles. The van der Waals surface area contributed by atoms with Gasteiger partial charge in [-0.2, -0.15) is 5.10 Å². The molecule has 30 heavy (non-hydrogen) atoms. The van der Waals surface area contributed by atoms with E-state index in [-0.39, 0.29) is 5.75 Å². The topological polar surface area (TPSA) is 84.3 Å². The van der Waals surface area contributed by atoms with Crippen molar-refractivity contribution in [3.63, 3.8) is 0 Å². The van der Waals surface area contributed by atoms with Gasteiger partial charge >= 0.3 is 0 Å². The minimum absolute atomic E-state index is 0.117. The lowest BCUT2D eigenvalue weighted by Crippen LogP contribution is -2.25. The molecule has 1 fully saturated rings. The van der Waals surface area contributed by atoms with Gasteiger partial charge in [-0.15, -0.1) is 0 Å². The van der Waals surface area contributed by atoms with Gasteiger partial charge < -0.3 is 5.32 Å². The number of hydrogen-bond donors (Lipinski definition) is 1. The summed E-state index contributed by atoms with van der Waals surface area (Å²) in [7, 11) is -3.32. The second kappa shape index (κ2) is 9.41. The first kappa shape index (κ1) is 22.7. The first-order valence-corrected chi connectivity index (χ1v) is 12.1. The van der Waals surface area contributed by atoms with Gasteiger partial charge in [0, 0.05) is 24.7 Å². The molecule has 0 radical (unpaired) electrons. The first-order chi connectivity index (χ1) is 14.2. The Labute approximate surface area is 186 Å². The highest BCUT2D eigenvalue weighted by Crippen LogP contribution is 2.31. The third-order valence-corrected chi connectivity index (χ3v) is 7.43. The normalized spacial score (nSPS) is 15.8. The van der Waals surface area contributed by atoms with Crippen LogP contribution in [0.3, 0.4) is 0 Å². The fourth-order valence-corrected chi connectivity index (χ4v) is 5.28. The number of carbonyl (C=O) groups is 1. The van der Waals surface area contributed by atoms with Gasteiger partial charge in [-0.3, -0.25) is 13.8 Å². The summed E-state index contributed by atoms with van der Waals surface area (Å²) in [6, 6.07) is 4.77. The Morgan fingerprint density at radius 3 is 2.77 bits per heavy atom. The SMILES string of the molecule is CCCCn1nc(C)c(C=CC(=O)Nc2cc(N3CCCS3(=O)=O)ccc2Cl)c1Cl. The van der Waals surface area contributed by atoms with E-state index in [1.54, 1.807) is 29.0 Å². The quantitative estimate of drug-likeness (QED) is 0.603. The molecule has 0 unspecified atom stereocenters. The number of rotatable bonds is 7. The van der Waals surface area contributed by atoms with Crippen LogP contribution in [0.5, 0.6) is 0 Å². The molecule has 1 aromatic heterocycles. The fraction of sp³-hybridized carbons (Fsp3) is 0.400. The lowest BCUT2D eigenvalue weighted by molar-refractivity contribution is -0.111. The van der Waals surface area contributed by atoms with E-state index in [0.29, 0.717) is 40.1 Å². The standard InChI is InChI=1S/C20H24Cl2N4O3S/c1-3-4-10-25-20(22)16(14(2)24-25)7-9-19(27)23-18-13-15(6-8-17(18)21)26-11-5-12-30(26,28)29/h6-9,13H,3-5,10-12H2,1-2H3,(H,23,27). The van der Waals surface area contributed by atoms with Crippen molar-refractivity contribution in [1.29, 1.82) is 0 Å². The molecular weight excluding hydrogens is 447 g/mol. The van der Waals surface area contributed by atoms with Crippen LogP contribution in [0.25, 0.3) is 6.08 Å². The molecule has 1 aromatic carbocycles. The molecule has 0 atom stereocenters. The van der Waals surface area contributed by atoms with Crippen molar-refractivity contribution in [2.24, 2.45) is 0 Å². The number of unbranched alkanes of at least 4 members (excludes halogenated alkanes) is 1. The van der Waals surface area contributed by atoms with Gasteiger partial charge in [-0.1, -0.05) is 36.5 Å². The largest absolute Gasteiger partial charge is 0.321 e. The number of sulfonamides is 1. The second-order valence-electron chi connectivity index (χ2n) is 7.10. The third kappa shape index (κ3) is 4.99. The molecule has 2 aromatic rings. The second-order valence-corrected chi connectivity index (χ2v) is 9.87. The van der Waals surface area contributed by atoms with E-state index >= 15 is 0 Å². The Morgan fingerprint density at radius 1 is 1.33 bits per heavy atom. The summed E-state index contributed by atoms with van der Waals surface area (Å²) in [5, 5.41) is 7.92. The summed E-state index contributed by atoms with van der Waals surface area (Å²) in [4.78, 5) is 12.4. The minimum atomic E-state index is -3.32. The van der Waals surface area contributed by atoms with Gasteiger partial charge in [-0.25, -0.2) is 8.42 Å². The maximum absolute atomic E-state index is 12.4. The fourth-order valence-electron chi connectivity index (χ4n) is 3.24. The summed E-state index contributed by atoms with van der Waals surface area (Å²) >= 11 is 12.6. The monoisotopic (exact) mass is 470 g/mol. The van der Waals surface area contributed by atoms with E-state index in [2.05, 4.69) is 17.3 Å². The molecule has 1 saturated heterocycles. The summed E-state index contributed by atoms with van der Waals surface area (Å²) in [6.07, 6.45) is 5.54. The molecule has 1 aliphatic heterocycles. The van der Waals surface area contributed by atoms with Crippen LogP contribution in [0.1, 0.15) is 37.4 Å². The van der Waals surface area contributed by atoms with Crippen molar-refractivity contribution in [1.82, 2.24) is 9.78 Å². The molecule has 1 amide bonds. The van der Waals surface area contributed by atoms with Crippen molar-refractivity contribution in [2.45, 2.75) is 39.7 Å². The molecule has 7 nitrogen and oxygen atoms in total. The van der Waals surface area contributed by atoms with Crippen molar-refractivity contribution < 1.29 is 13.2 Å². The maximum atomic E-state index is 12.4. The van der Waals surface area contributed by atoms with Crippen molar-refractivity contribution in [2.75, 3.05) is 21.9 Å². The Balaban J connectivity index is 1.75. The van der Waals surface area contributed by atoms with Gasteiger partial charge in [0.1, 0.15) is 5.15 Å². The Morgan fingerprint density at radius 2 is 2.10 bits per heavy atom. The number of halogens is 2. The third-order valence-electron chi connectivity index (χ3n) is 4.83. The number of benzene rings is 1. The molecule has 1 N–H and O–H groups in total. The van der Waals surface area contributed by atoms with Crippen LogP contribution >= 0.6 is 23.2 Å². The molecule has 0 bridgehead atoms. The van der Waals surface area contributed by atoms with Crippen molar-refractivity contribution >= 4 is 56.6 Å². The van der Waals surface area contributed by atoms with Crippen LogP contribution in [0.4, 0.5) is 11.4 Å². The zero-order chi connectivity index (χ0) is 21.9. The molecule has 0 saturated carbocycles. The predicted octanol–water partition coefficient (Wildman–Crippen LogP) is 4.49. The number of carbonyl (C=O) groups excluding carboxylic acids is 1. The number of hydrogen-bond acceptors (Lipinski definition) is 4. The van der Waals surface area contributed by atoms with Gasteiger partial charge in [0.25, 0.3) is 0 Å². The van der Waals surface area contributed by atoms with Crippen molar-refractivity contribution in [3.05, 3.63) is 45.7 Å². The number of amides is 1. The lowest BCUT2D eigenvalue weighted by atomic mass is 10.2. The van der Waals surface area contributed by atoms with E-state index in [1.807, 2.05) is 6.92 Å². The molecule has 2 heterocycles. The number of nitrogens with one attached hydrogen (secondary N) is 1. The number of anilines is 2. The Kier molecular flexibility index (Phi) is 7.10. The van der Waals surface area contributed by atoms with E-state index in [1.165, 1.54) is 10.4 Å². The summed E-state index contributed by atoms with van der Waals surface area (Å²) in [5.74, 6) is -0.290. The van der Waals surface area contributed by atoms with Gasteiger partial charge in [-0.05, 0) is 44.0 Å². The number of nitrogens with zero attached hydrogens (tertiary/aromatic N) is 3. The highest BCUT2D eigenvalue weighted by Gasteiger charge is 2.28. The average Bonchev–Trinajstić information content (AvgIpc) is 3.18. The molecule has 162 valence electrons. The highest BCUT2D eigenvalue weighted by molar-refractivity contribution is 7.93. The maximum Gasteiger partial charge on any atom is 0.248 e. The molecule has 0 spiro atoms. The van der Waals surface area contributed by atoms with Crippen LogP contribution in [-0.2, 0) is 21.4 Å². The Hall–Kier alpha value is -2.03. The molecule has 3 rings (SSSR count). The van der Waals surface area contributed by atoms with Crippen LogP contribution in [0.2, 0.25) is 10.2 Å². The highest BCUT2D eigenvalue weighted by atomic mass is 35.5. The van der Waals surface area contributed by atoms with Crippen LogP contribution < -0.4 is 9.62 Å². The number of aryl methyl sites for hydroxylation is 2. The lowest BCUT2D eigenvalue weighted by Gasteiger charge is -2.18. The van der Waals surface area contributed by atoms with Crippen LogP contribution in [0.15, 0.2) is 24.3 Å². The molecular formula is C20H24Cl2N4O3S. The van der Waals surface area contributed by atoms with Gasteiger partial charge in [0.2, 0.25) is 15.9 Å².